The average Bonchev–Trinajstić information content (AvgIpc) is 2.85. The Bertz CT molecular complexity index is 1190. The van der Waals surface area contributed by atoms with Crippen LogP contribution in [0, 0.1) is 6.92 Å². The SMILES string of the molecule is CC1CC=CC(c2ccccc2)N=C2C(C(N)C(C)(F)F)=CC(F)=CN21.COCc1cc(Cl)ccc1C. The van der Waals surface area contributed by atoms with E-state index < -0.39 is 17.8 Å². The molecule has 4 nitrogen and oxygen atoms in total. The second-order valence-electron chi connectivity index (χ2n) is 9.28. The highest BCUT2D eigenvalue weighted by atomic mass is 35.5. The fourth-order valence-corrected chi connectivity index (χ4v) is 4.25. The molecule has 4 rings (SSSR count). The number of hydrogen-bond acceptors (Lipinski definition) is 4. The van der Waals surface area contributed by atoms with E-state index in [1.165, 1.54) is 11.8 Å². The summed E-state index contributed by atoms with van der Waals surface area (Å²) in [6.45, 7) is 5.31. The molecule has 0 amide bonds. The molecular formula is C29H33ClF3N3O. The van der Waals surface area contributed by atoms with Gasteiger partial charge in [0.25, 0.3) is 5.92 Å². The molecule has 3 atom stereocenters. The first-order valence-corrected chi connectivity index (χ1v) is 12.4. The zero-order valence-electron chi connectivity index (χ0n) is 21.5. The summed E-state index contributed by atoms with van der Waals surface area (Å²) in [6.07, 6.45) is 6.93. The average molecular weight is 532 g/mol. The Hall–Kier alpha value is -2.87. The smallest absolute Gasteiger partial charge is 0.264 e. The van der Waals surface area contributed by atoms with Crippen LogP contribution in [-0.2, 0) is 11.3 Å². The van der Waals surface area contributed by atoms with Gasteiger partial charge < -0.3 is 15.4 Å². The van der Waals surface area contributed by atoms with Gasteiger partial charge in [-0.1, -0.05) is 60.2 Å². The first-order valence-electron chi connectivity index (χ1n) is 12.1. The first kappa shape index (κ1) is 28.7. The molecule has 37 heavy (non-hydrogen) atoms. The van der Waals surface area contributed by atoms with E-state index in [0.717, 1.165) is 29.1 Å². The lowest BCUT2D eigenvalue weighted by atomic mass is 9.95. The minimum atomic E-state index is -3.19. The summed E-state index contributed by atoms with van der Waals surface area (Å²) < 4.78 is 46.9. The summed E-state index contributed by atoms with van der Waals surface area (Å²) >= 11 is 5.80. The topological polar surface area (TPSA) is 50.8 Å². The van der Waals surface area contributed by atoms with E-state index in [1.54, 1.807) is 12.0 Å². The molecule has 0 radical (unpaired) electrons. The van der Waals surface area contributed by atoms with Gasteiger partial charge in [-0.05, 0) is 55.2 Å². The van der Waals surface area contributed by atoms with Crippen molar-refractivity contribution in [1.29, 1.82) is 0 Å². The Labute approximate surface area is 222 Å². The van der Waals surface area contributed by atoms with Crippen molar-refractivity contribution in [2.45, 2.75) is 57.8 Å². The van der Waals surface area contributed by atoms with E-state index in [9.17, 15) is 13.2 Å². The van der Waals surface area contributed by atoms with Crippen LogP contribution < -0.4 is 5.73 Å². The van der Waals surface area contributed by atoms with Crippen molar-refractivity contribution in [3.05, 3.63) is 106 Å². The van der Waals surface area contributed by atoms with Crippen molar-refractivity contribution in [1.82, 2.24) is 4.90 Å². The van der Waals surface area contributed by atoms with Crippen LogP contribution >= 0.6 is 11.6 Å². The summed E-state index contributed by atoms with van der Waals surface area (Å²) in [7, 11) is 1.68. The summed E-state index contributed by atoms with van der Waals surface area (Å²) in [6, 6.07) is 13.2. The number of amidine groups is 1. The van der Waals surface area contributed by atoms with Crippen molar-refractivity contribution in [2.75, 3.05) is 7.11 Å². The zero-order chi connectivity index (χ0) is 27.2. The molecule has 0 fully saturated rings. The molecule has 0 aromatic heterocycles. The van der Waals surface area contributed by atoms with Gasteiger partial charge in [0.1, 0.15) is 11.7 Å². The predicted octanol–water partition coefficient (Wildman–Crippen LogP) is 7.30. The van der Waals surface area contributed by atoms with E-state index in [4.69, 9.17) is 27.1 Å². The van der Waals surface area contributed by atoms with Crippen LogP contribution in [0.15, 0.2) is 89.4 Å². The lowest BCUT2D eigenvalue weighted by molar-refractivity contribution is 0.00693. The normalized spacial score (nSPS) is 20.4. The van der Waals surface area contributed by atoms with Crippen LogP contribution in [0.4, 0.5) is 13.2 Å². The molecule has 198 valence electrons. The lowest BCUT2D eigenvalue weighted by Crippen LogP contribution is -2.48. The Kier molecular flexibility index (Phi) is 9.76. The minimum Gasteiger partial charge on any atom is -0.380 e. The van der Waals surface area contributed by atoms with Crippen molar-refractivity contribution < 1.29 is 17.9 Å². The molecule has 0 saturated heterocycles. The number of nitrogens with two attached hydrogens (primary N) is 1. The van der Waals surface area contributed by atoms with Gasteiger partial charge in [0.15, 0.2) is 0 Å². The van der Waals surface area contributed by atoms with Gasteiger partial charge in [-0.25, -0.2) is 13.2 Å². The minimum absolute atomic E-state index is 0.0144. The second kappa shape index (κ2) is 12.6. The number of aryl methyl sites for hydroxylation is 1. The maximum atomic E-state index is 14.2. The molecule has 2 aromatic rings. The number of aliphatic imine (C=N–C) groups is 1. The standard InChI is InChI=1S/C20H22F3N3.C9H11ClO/c1-13-7-6-10-17(14-8-4-3-5-9-14)25-19-16(18(24)20(2,22)23)11-15(21)12-26(13)19;1-7-3-4-9(10)5-8(7)6-11-2/h3-6,8-13,17-18H,7,24H2,1-2H3;3-5H,6H2,1-2H3. The molecule has 2 heterocycles. The third-order valence-corrected chi connectivity index (χ3v) is 6.46. The van der Waals surface area contributed by atoms with Crippen molar-refractivity contribution in [3.63, 3.8) is 0 Å². The van der Waals surface area contributed by atoms with E-state index >= 15 is 0 Å². The number of benzene rings is 2. The Balaban J connectivity index is 0.000000289. The van der Waals surface area contributed by atoms with Crippen molar-refractivity contribution >= 4 is 17.4 Å². The Morgan fingerprint density at radius 3 is 2.57 bits per heavy atom. The van der Waals surface area contributed by atoms with Crippen LogP contribution in [0.25, 0.3) is 0 Å². The van der Waals surface area contributed by atoms with Crippen LogP contribution in [0.3, 0.4) is 0 Å². The van der Waals surface area contributed by atoms with Gasteiger partial charge in [-0.15, -0.1) is 0 Å². The summed E-state index contributed by atoms with van der Waals surface area (Å²) in [5.74, 6) is -3.50. The molecule has 2 aliphatic heterocycles. The predicted molar refractivity (Wildman–Crippen MR) is 144 cm³/mol. The second-order valence-corrected chi connectivity index (χ2v) is 9.72. The van der Waals surface area contributed by atoms with Crippen molar-refractivity contribution in [3.8, 4) is 0 Å². The van der Waals surface area contributed by atoms with Gasteiger partial charge in [0, 0.05) is 36.9 Å². The van der Waals surface area contributed by atoms with E-state index in [1.807, 2.05) is 74.5 Å². The highest BCUT2D eigenvalue weighted by Crippen LogP contribution is 2.32. The van der Waals surface area contributed by atoms with Gasteiger partial charge in [0.05, 0.1) is 18.7 Å². The molecule has 3 unspecified atom stereocenters. The number of alkyl halides is 2. The van der Waals surface area contributed by atoms with Crippen LogP contribution in [0.2, 0.25) is 5.02 Å². The molecule has 0 aliphatic carbocycles. The molecule has 0 bridgehead atoms. The number of halogens is 4. The number of hydrogen-bond donors (Lipinski definition) is 1. The Morgan fingerprint density at radius 1 is 1.22 bits per heavy atom. The third-order valence-electron chi connectivity index (χ3n) is 6.22. The number of nitrogens with zero attached hydrogens (tertiary/aromatic N) is 2. The highest BCUT2D eigenvalue weighted by molar-refractivity contribution is 6.30. The maximum absolute atomic E-state index is 14.2. The van der Waals surface area contributed by atoms with Crippen LogP contribution in [0.5, 0.6) is 0 Å². The van der Waals surface area contributed by atoms with Gasteiger partial charge >= 0.3 is 0 Å². The highest BCUT2D eigenvalue weighted by Gasteiger charge is 2.39. The number of methoxy groups -OCH3 is 1. The summed E-state index contributed by atoms with van der Waals surface area (Å²) in [5.41, 5.74) is 9.09. The number of allylic oxidation sites excluding steroid dienone is 2. The fraction of sp³-hybridized carbons (Fsp3) is 0.345. The third kappa shape index (κ3) is 7.57. The maximum Gasteiger partial charge on any atom is 0.264 e. The lowest BCUT2D eigenvalue weighted by Gasteiger charge is -2.36. The van der Waals surface area contributed by atoms with Gasteiger partial charge in [-0.2, -0.15) is 0 Å². The Morgan fingerprint density at radius 2 is 1.92 bits per heavy atom. The van der Waals surface area contributed by atoms with Crippen LogP contribution in [0.1, 0.15) is 43.0 Å². The molecule has 8 heteroatoms. The molecule has 2 aromatic carbocycles. The van der Waals surface area contributed by atoms with E-state index in [0.29, 0.717) is 18.9 Å². The summed E-state index contributed by atoms with van der Waals surface area (Å²) in [4.78, 5) is 6.30. The molecule has 0 spiro atoms. The molecule has 2 N–H and O–H groups in total. The van der Waals surface area contributed by atoms with Gasteiger partial charge in [-0.3, -0.25) is 4.99 Å². The number of rotatable bonds is 5. The van der Waals surface area contributed by atoms with E-state index in [-0.39, 0.29) is 17.7 Å². The monoisotopic (exact) mass is 531 g/mol. The molecular weight excluding hydrogens is 499 g/mol. The van der Waals surface area contributed by atoms with Gasteiger partial charge in [0.2, 0.25) is 0 Å². The first-order chi connectivity index (χ1) is 17.5. The van der Waals surface area contributed by atoms with E-state index in [2.05, 4.69) is 0 Å². The number of fused-ring (bicyclic) bond motifs is 1. The summed E-state index contributed by atoms with van der Waals surface area (Å²) in [5, 5.41) is 0.766. The fourth-order valence-electron chi connectivity index (χ4n) is 4.05. The molecule has 0 saturated carbocycles. The quantitative estimate of drug-likeness (QED) is 0.412. The number of ether oxygens (including phenoxy) is 1. The zero-order valence-corrected chi connectivity index (χ0v) is 22.2. The molecule has 2 aliphatic rings. The largest absolute Gasteiger partial charge is 0.380 e. The van der Waals surface area contributed by atoms with Crippen LogP contribution in [-0.4, -0.2) is 35.9 Å². The van der Waals surface area contributed by atoms with Crippen molar-refractivity contribution in [2.24, 2.45) is 10.7 Å².